The lowest BCUT2D eigenvalue weighted by molar-refractivity contribution is 0.0941. The highest BCUT2D eigenvalue weighted by Crippen LogP contribution is 2.25. The van der Waals surface area contributed by atoms with Crippen molar-refractivity contribution >= 4 is 28.5 Å². The fourth-order valence-corrected chi connectivity index (χ4v) is 2.51. The van der Waals surface area contributed by atoms with Gasteiger partial charge in [-0.2, -0.15) is 0 Å². The van der Waals surface area contributed by atoms with Crippen LogP contribution in [0.4, 0.5) is 0 Å². The van der Waals surface area contributed by atoms with Crippen LogP contribution in [0.5, 0.6) is 0 Å². The standard InChI is InChI=1S/C18H16N2O/c1-13(15-7-9-19-10-8-15)11-16-12-20(14(2)21)18-6-4-3-5-17(16)18/h3-12H,1-2H3. The predicted molar refractivity (Wildman–Crippen MR) is 86.0 cm³/mol. The third-order valence-corrected chi connectivity index (χ3v) is 3.59. The molecular weight excluding hydrogens is 260 g/mol. The maximum Gasteiger partial charge on any atom is 0.227 e. The molecule has 0 atom stereocenters. The molecule has 0 aliphatic heterocycles. The van der Waals surface area contributed by atoms with Crippen LogP contribution >= 0.6 is 0 Å². The van der Waals surface area contributed by atoms with Crippen molar-refractivity contribution in [1.29, 1.82) is 0 Å². The molecule has 3 nitrogen and oxygen atoms in total. The van der Waals surface area contributed by atoms with Gasteiger partial charge in [-0.15, -0.1) is 0 Å². The summed E-state index contributed by atoms with van der Waals surface area (Å²) >= 11 is 0. The minimum Gasteiger partial charge on any atom is -0.287 e. The number of carbonyl (C=O) groups is 1. The van der Waals surface area contributed by atoms with Gasteiger partial charge in [0, 0.05) is 36.5 Å². The number of hydrogen-bond acceptors (Lipinski definition) is 2. The number of carbonyl (C=O) groups excluding carboxylic acids is 1. The molecule has 0 amide bonds. The van der Waals surface area contributed by atoms with Gasteiger partial charge in [0.2, 0.25) is 5.91 Å². The second-order valence-corrected chi connectivity index (χ2v) is 5.05. The number of rotatable bonds is 2. The highest BCUT2D eigenvalue weighted by atomic mass is 16.1. The van der Waals surface area contributed by atoms with Crippen LogP contribution in [0.2, 0.25) is 0 Å². The molecule has 3 rings (SSSR count). The zero-order chi connectivity index (χ0) is 14.8. The van der Waals surface area contributed by atoms with Gasteiger partial charge in [-0.1, -0.05) is 18.2 Å². The molecular formula is C18H16N2O. The monoisotopic (exact) mass is 276 g/mol. The Hall–Kier alpha value is -2.68. The van der Waals surface area contributed by atoms with Crippen LogP contribution in [0.25, 0.3) is 22.6 Å². The Labute approximate surface area is 123 Å². The van der Waals surface area contributed by atoms with Crippen molar-refractivity contribution in [2.75, 3.05) is 0 Å². The van der Waals surface area contributed by atoms with E-state index < -0.39 is 0 Å². The van der Waals surface area contributed by atoms with Gasteiger partial charge in [0.1, 0.15) is 0 Å². The minimum absolute atomic E-state index is 0.0208. The summed E-state index contributed by atoms with van der Waals surface area (Å²) in [5.41, 5.74) is 4.27. The van der Waals surface area contributed by atoms with Crippen LogP contribution < -0.4 is 0 Å². The molecule has 3 heteroatoms. The van der Waals surface area contributed by atoms with E-state index in [1.54, 1.807) is 23.9 Å². The fraction of sp³-hybridized carbons (Fsp3) is 0.111. The average Bonchev–Trinajstić information content (AvgIpc) is 2.87. The lowest BCUT2D eigenvalue weighted by Gasteiger charge is -2.00. The van der Waals surface area contributed by atoms with E-state index in [9.17, 15) is 4.79 Å². The lowest BCUT2D eigenvalue weighted by atomic mass is 10.1. The Morgan fingerprint density at radius 2 is 1.81 bits per heavy atom. The van der Waals surface area contributed by atoms with Gasteiger partial charge in [0.15, 0.2) is 0 Å². The third-order valence-electron chi connectivity index (χ3n) is 3.59. The molecule has 21 heavy (non-hydrogen) atoms. The van der Waals surface area contributed by atoms with E-state index in [0.717, 1.165) is 27.6 Å². The number of fused-ring (bicyclic) bond motifs is 1. The normalized spacial score (nSPS) is 11.8. The number of para-hydroxylation sites is 1. The number of allylic oxidation sites excluding steroid dienone is 1. The molecule has 0 N–H and O–H groups in total. The van der Waals surface area contributed by atoms with Gasteiger partial charge in [-0.3, -0.25) is 14.3 Å². The van der Waals surface area contributed by atoms with Crippen molar-refractivity contribution < 1.29 is 4.79 Å². The maximum atomic E-state index is 11.8. The molecule has 2 heterocycles. The predicted octanol–water partition coefficient (Wildman–Crippen LogP) is 4.26. The number of pyridine rings is 1. The summed E-state index contributed by atoms with van der Waals surface area (Å²) in [6, 6.07) is 11.9. The summed E-state index contributed by atoms with van der Waals surface area (Å²) in [6.07, 6.45) is 7.58. The van der Waals surface area contributed by atoms with Crippen LogP contribution in [0.3, 0.4) is 0 Å². The van der Waals surface area contributed by atoms with E-state index in [2.05, 4.69) is 18.0 Å². The summed E-state index contributed by atoms with van der Waals surface area (Å²) in [6.45, 7) is 3.64. The first kappa shape index (κ1) is 13.3. The molecule has 3 aromatic rings. The molecule has 104 valence electrons. The van der Waals surface area contributed by atoms with Crippen molar-refractivity contribution in [3.63, 3.8) is 0 Å². The van der Waals surface area contributed by atoms with E-state index in [-0.39, 0.29) is 5.91 Å². The summed E-state index contributed by atoms with van der Waals surface area (Å²) in [7, 11) is 0. The van der Waals surface area contributed by atoms with Crippen LogP contribution in [-0.2, 0) is 0 Å². The van der Waals surface area contributed by atoms with Gasteiger partial charge in [0.05, 0.1) is 5.52 Å². The number of benzene rings is 1. The van der Waals surface area contributed by atoms with Crippen LogP contribution in [0, 0.1) is 0 Å². The Morgan fingerprint density at radius 3 is 2.52 bits per heavy atom. The molecule has 0 fully saturated rings. The van der Waals surface area contributed by atoms with E-state index in [0.29, 0.717) is 0 Å². The molecule has 0 radical (unpaired) electrons. The smallest absolute Gasteiger partial charge is 0.227 e. The van der Waals surface area contributed by atoms with Crippen LogP contribution in [-0.4, -0.2) is 15.5 Å². The Bertz CT molecular complexity index is 829. The highest BCUT2D eigenvalue weighted by molar-refractivity contribution is 5.99. The molecule has 0 spiro atoms. The quantitative estimate of drug-likeness (QED) is 0.701. The van der Waals surface area contributed by atoms with Crippen molar-refractivity contribution in [2.24, 2.45) is 0 Å². The Morgan fingerprint density at radius 1 is 1.10 bits per heavy atom. The minimum atomic E-state index is 0.0208. The largest absolute Gasteiger partial charge is 0.287 e. The molecule has 0 saturated carbocycles. The lowest BCUT2D eigenvalue weighted by Crippen LogP contribution is -2.02. The zero-order valence-corrected chi connectivity index (χ0v) is 12.1. The third kappa shape index (κ3) is 2.50. The average molecular weight is 276 g/mol. The number of hydrogen-bond donors (Lipinski definition) is 0. The van der Waals surface area contributed by atoms with Gasteiger partial charge in [-0.25, -0.2) is 0 Å². The highest BCUT2D eigenvalue weighted by Gasteiger charge is 2.09. The van der Waals surface area contributed by atoms with Crippen molar-refractivity contribution in [2.45, 2.75) is 13.8 Å². The van der Waals surface area contributed by atoms with Gasteiger partial charge in [-0.05, 0) is 42.3 Å². The Kier molecular flexibility index (Phi) is 3.40. The molecule has 0 saturated heterocycles. The Balaban J connectivity index is 2.15. The van der Waals surface area contributed by atoms with Gasteiger partial charge in [0.25, 0.3) is 0 Å². The molecule has 0 bridgehead atoms. The van der Waals surface area contributed by atoms with E-state index in [1.807, 2.05) is 42.6 Å². The molecule has 2 aromatic heterocycles. The van der Waals surface area contributed by atoms with Crippen molar-refractivity contribution in [3.8, 4) is 0 Å². The molecule has 1 aromatic carbocycles. The topological polar surface area (TPSA) is 34.9 Å². The maximum absolute atomic E-state index is 11.8. The first-order valence-electron chi connectivity index (χ1n) is 6.86. The van der Waals surface area contributed by atoms with Gasteiger partial charge < -0.3 is 0 Å². The molecule has 0 aliphatic rings. The van der Waals surface area contributed by atoms with E-state index in [4.69, 9.17) is 0 Å². The number of aromatic nitrogens is 2. The SMILES string of the molecule is CC(=O)n1cc(C=C(C)c2ccncc2)c2ccccc21. The van der Waals surface area contributed by atoms with Crippen molar-refractivity contribution in [1.82, 2.24) is 9.55 Å². The van der Waals surface area contributed by atoms with Crippen LogP contribution in [0.1, 0.15) is 29.8 Å². The summed E-state index contributed by atoms with van der Waals surface area (Å²) in [5, 5.41) is 1.08. The second kappa shape index (κ2) is 5.37. The first-order chi connectivity index (χ1) is 10.2. The summed E-state index contributed by atoms with van der Waals surface area (Å²) < 4.78 is 1.70. The van der Waals surface area contributed by atoms with Gasteiger partial charge >= 0.3 is 0 Å². The van der Waals surface area contributed by atoms with E-state index in [1.165, 1.54) is 0 Å². The molecule has 0 aliphatic carbocycles. The van der Waals surface area contributed by atoms with Crippen LogP contribution in [0.15, 0.2) is 55.0 Å². The first-order valence-corrected chi connectivity index (χ1v) is 6.86. The zero-order valence-electron chi connectivity index (χ0n) is 12.1. The number of nitrogens with zero attached hydrogens (tertiary/aromatic N) is 2. The van der Waals surface area contributed by atoms with Crippen molar-refractivity contribution in [3.05, 3.63) is 66.1 Å². The second-order valence-electron chi connectivity index (χ2n) is 5.05. The molecule has 0 unspecified atom stereocenters. The summed E-state index contributed by atoms with van der Waals surface area (Å²) in [4.78, 5) is 15.8. The fourth-order valence-electron chi connectivity index (χ4n) is 2.51. The van der Waals surface area contributed by atoms with E-state index >= 15 is 0 Å². The summed E-state index contributed by atoms with van der Waals surface area (Å²) in [5.74, 6) is 0.0208.